The highest BCUT2D eigenvalue weighted by Gasteiger charge is 2.25. The molecule has 4 heteroatoms. The van der Waals surface area contributed by atoms with E-state index in [-0.39, 0.29) is 0 Å². The van der Waals surface area contributed by atoms with Crippen molar-refractivity contribution in [2.75, 3.05) is 0 Å². The first-order chi connectivity index (χ1) is 30.3. The lowest BCUT2D eigenvalue weighted by Gasteiger charge is -2.16. The van der Waals surface area contributed by atoms with E-state index in [0.717, 1.165) is 39.4 Å². The molecule has 4 nitrogen and oxygen atoms in total. The Labute approximate surface area is 352 Å². The number of aromatic nitrogens is 4. The van der Waals surface area contributed by atoms with Gasteiger partial charge in [-0.05, 0) is 83.8 Å². The normalized spacial score (nSPS) is 12.2. The number of rotatable bonds is 6. The van der Waals surface area contributed by atoms with Crippen molar-refractivity contribution in [3.63, 3.8) is 0 Å². The highest BCUT2D eigenvalue weighted by Crippen LogP contribution is 2.50. The first-order valence-corrected chi connectivity index (χ1v) is 20.9. The van der Waals surface area contributed by atoms with Gasteiger partial charge in [0.2, 0.25) is 0 Å². The summed E-state index contributed by atoms with van der Waals surface area (Å²) in [6.45, 7) is 2.02. The summed E-state index contributed by atoms with van der Waals surface area (Å²) >= 11 is 0. The van der Waals surface area contributed by atoms with E-state index in [2.05, 4.69) is 191 Å². The highest BCUT2D eigenvalue weighted by molar-refractivity contribution is 6.45. The van der Waals surface area contributed by atoms with E-state index in [1.165, 1.54) is 70.4 Å². The fourth-order valence-electron chi connectivity index (χ4n) is 9.68. The highest BCUT2D eigenvalue weighted by atomic mass is 15.0. The molecule has 61 heavy (non-hydrogen) atoms. The summed E-state index contributed by atoms with van der Waals surface area (Å²) in [5, 5.41) is 12.5. The molecule has 0 saturated carbocycles. The molecule has 0 radical (unpaired) electrons. The van der Waals surface area contributed by atoms with E-state index in [1.54, 1.807) is 0 Å². The lowest BCUT2D eigenvalue weighted by molar-refractivity contribution is 1.15. The van der Waals surface area contributed by atoms with Crippen molar-refractivity contribution in [3.8, 4) is 34.0 Å². The largest absolute Gasteiger partial charge is 0.309 e. The van der Waals surface area contributed by atoms with Gasteiger partial charge < -0.3 is 9.13 Å². The quantitative estimate of drug-likeness (QED) is 0.124. The van der Waals surface area contributed by atoms with Gasteiger partial charge in [0.15, 0.2) is 5.82 Å². The van der Waals surface area contributed by atoms with Crippen molar-refractivity contribution in [1.29, 1.82) is 0 Å². The third kappa shape index (κ3) is 5.39. The van der Waals surface area contributed by atoms with Crippen LogP contribution in [0.5, 0.6) is 0 Å². The average Bonchev–Trinajstić information content (AvgIpc) is 3.87. The predicted octanol–water partition coefficient (Wildman–Crippen LogP) is 15.1. The second-order valence-electron chi connectivity index (χ2n) is 15.6. The van der Waals surface area contributed by atoms with Crippen LogP contribution < -0.4 is 0 Å². The predicted molar refractivity (Wildman–Crippen MR) is 258 cm³/mol. The molecule has 0 aliphatic carbocycles. The summed E-state index contributed by atoms with van der Waals surface area (Å²) in [6.07, 6.45) is 8.10. The monoisotopic (exact) mass is 778 g/mol. The zero-order chi connectivity index (χ0) is 40.4. The van der Waals surface area contributed by atoms with Crippen LogP contribution in [0.3, 0.4) is 0 Å². The molecule has 9 aromatic carbocycles. The molecule has 0 fully saturated rings. The summed E-state index contributed by atoms with van der Waals surface area (Å²) < 4.78 is 4.95. The summed E-state index contributed by atoms with van der Waals surface area (Å²) in [7, 11) is 0. The van der Waals surface area contributed by atoms with Gasteiger partial charge >= 0.3 is 0 Å². The number of para-hydroxylation sites is 3. The van der Waals surface area contributed by atoms with Gasteiger partial charge in [0.1, 0.15) is 0 Å². The zero-order valence-electron chi connectivity index (χ0n) is 33.5. The standard InChI is InChI=1S/C57H38N4/c1-2-3-6-21-39-36-48(37-19-7-4-8-20-37)59-57(58-39)38-32-34-41(35-33-38)61-50-31-18-16-29-47(50)53-54-51(43-25-12-14-27-45(43)56(53)61)42-24-11-13-26-44(42)55-52(54)46-28-15-17-30-49(46)60(55)40-22-9-5-10-23-40/h2-36H,1H3/b3-2-,21-6-. The summed E-state index contributed by atoms with van der Waals surface area (Å²) in [5.41, 5.74) is 10.8. The van der Waals surface area contributed by atoms with Crippen molar-refractivity contribution in [2.45, 2.75) is 6.92 Å². The molecule has 3 heterocycles. The van der Waals surface area contributed by atoms with Crippen LogP contribution in [-0.2, 0) is 0 Å². The summed E-state index contributed by atoms with van der Waals surface area (Å²) in [5.74, 6) is 0.691. The second-order valence-corrected chi connectivity index (χ2v) is 15.6. The number of fused-ring (bicyclic) bond motifs is 15. The minimum Gasteiger partial charge on any atom is -0.309 e. The lowest BCUT2D eigenvalue weighted by atomic mass is 9.89. The van der Waals surface area contributed by atoms with Gasteiger partial charge in [0.05, 0.1) is 33.5 Å². The van der Waals surface area contributed by atoms with Gasteiger partial charge in [0.25, 0.3) is 0 Å². The van der Waals surface area contributed by atoms with E-state index >= 15 is 0 Å². The number of nitrogens with zero attached hydrogens (tertiary/aromatic N) is 4. The molecule has 0 aliphatic heterocycles. The molecule has 0 amide bonds. The third-order valence-electron chi connectivity index (χ3n) is 12.2. The molecule has 0 bridgehead atoms. The maximum atomic E-state index is 5.10. The first kappa shape index (κ1) is 34.9. The maximum absolute atomic E-state index is 5.10. The van der Waals surface area contributed by atoms with Gasteiger partial charge in [0, 0.05) is 60.2 Å². The minimum atomic E-state index is 0.691. The SMILES string of the molecule is C/C=C\C=C/c1cc(-c2ccccc2)nc(-c2ccc(-n3c4ccccc4c4c5c(c6ccccc6c6c5c5ccccc5n6-c5ccccc5)c5ccccc5c43)cc2)n1. The molecule has 0 saturated heterocycles. The molecular weight excluding hydrogens is 741 g/mol. The Hall–Kier alpha value is -8.08. The number of hydrogen-bond donors (Lipinski definition) is 0. The van der Waals surface area contributed by atoms with Crippen molar-refractivity contribution in [3.05, 3.63) is 212 Å². The van der Waals surface area contributed by atoms with Crippen LogP contribution >= 0.6 is 0 Å². The van der Waals surface area contributed by atoms with Crippen LogP contribution in [0.25, 0.3) is 116 Å². The molecule has 286 valence electrons. The summed E-state index contributed by atoms with van der Waals surface area (Å²) in [4.78, 5) is 10.1. The average molecular weight is 779 g/mol. The molecule has 0 unspecified atom stereocenters. The smallest absolute Gasteiger partial charge is 0.160 e. The summed E-state index contributed by atoms with van der Waals surface area (Å²) in [6, 6.07) is 67.8. The molecule has 12 aromatic rings. The third-order valence-corrected chi connectivity index (χ3v) is 12.2. The molecule has 0 N–H and O–H groups in total. The fourth-order valence-corrected chi connectivity index (χ4v) is 9.68. The Kier molecular flexibility index (Phi) is 8.04. The van der Waals surface area contributed by atoms with E-state index in [1.807, 2.05) is 37.3 Å². The Morgan fingerprint density at radius 2 is 0.885 bits per heavy atom. The van der Waals surface area contributed by atoms with Crippen LogP contribution in [-0.4, -0.2) is 19.1 Å². The van der Waals surface area contributed by atoms with Crippen LogP contribution in [0.2, 0.25) is 0 Å². The van der Waals surface area contributed by atoms with Crippen LogP contribution in [0.1, 0.15) is 12.6 Å². The van der Waals surface area contributed by atoms with E-state index < -0.39 is 0 Å². The molecule has 3 aromatic heterocycles. The Bertz CT molecular complexity index is 3740. The second kappa shape index (κ2) is 14.0. The van der Waals surface area contributed by atoms with Crippen molar-refractivity contribution in [1.82, 2.24) is 19.1 Å². The molecule has 0 atom stereocenters. The van der Waals surface area contributed by atoms with E-state index in [4.69, 9.17) is 9.97 Å². The van der Waals surface area contributed by atoms with Gasteiger partial charge in [-0.15, -0.1) is 0 Å². The van der Waals surface area contributed by atoms with Gasteiger partial charge in [-0.1, -0.05) is 152 Å². The molecular formula is C57H38N4. The number of hydrogen-bond acceptors (Lipinski definition) is 2. The molecule has 0 spiro atoms. The maximum Gasteiger partial charge on any atom is 0.160 e. The van der Waals surface area contributed by atoms with Crippen molar-refractivity contribution in [2.24, 2.45) is 0 Å². The number of benzene rings is 9. The van der Waals surface area contributed by atoms with E-state index in [9.17, 15) is 0 Å². The molecule has 12 rings (SSSR count). The van der Waals surface area contributed by atoms with Crippen molar-refractivity contribution >= 4 is 82.0 Å². The van der Waals surface area contributed by atoms with Gasteiger partial charge in [-0.3, -0.25) is 0 Å². The van der Waals surface area contributed by atoms with Crippen molar-refractivity contribution < 1.29 is 0 Å². The molecule has 0 aliphatic rings. The Morgan fingerprint density at radius 3 is 1.46 bits per heavy atom. The van der Waals surface area contributed by atoms with Gasteiger partial charge in [-0.2, -0.15) is 0 Å². The van der Waals surface area contributed by atoms with Crippen LogP contribution in [0, 0.1) is 0 Å². The minimum absolute atomic E-state index is 0.691. The lowest BCUT2D eigenvalue weighted by Crippen LogP contribution is -1.98. The Balaban J connectivity index is 1.18. The van der Waals surface area contributed by atoms with Gasteiger partial charge in [-0.25, -0.2) is 9.97 Å². The zero-order valence-corrected chi connectivity index (χ0v) is 33.5. The van der Waals surface area contributed by atoms with Crippen LogP contribution in [0.15, 0.2) is 206 Å². The Morgan fingerprint density at radius 1 is 0.393 bits per heavy atom. The number of allylic oxidation sites excluding steroid dienone is 3. The van der Waals surface area contributed by atoms with Crippen LogP contribution in [0.4, 0.5) is 0 Å². The first-order valence-electron chi connectivity index (χ1n) is 20.9. The van der Waals surface area contributed by atoms with E-state index in [0.29, 0.717) is 5.82 Å². The fraction of sp³-hybridized carbons (Fsp3) is 0.0175. The topological polar surface area (TPSA) is 35.6 Å².